The summed E-state index contributed by atoms with van der Waals surface area (Å²) >= 11 is 0. The SMILES string of the molecule is CNC(=O)c1cccc(NCc2cc(=O)oc3ccc4ccccc4c23)c1. The predicted octanol–water partition coefficient (Wildman–Crippen LogP) is 3.92. The van der Waals surface area contributed by atoms with E-state index in [1.54, 1.807) is 19.2 Å². The summed E-state index contributed by atoms with van der Waals surface area (Å²) in [6.07, 6.45) is 0. The minimum Gasteiger partial charge on any atom is -0.423 e. The summed E-state index contributed by atoms with van der Waals surface area (Å²) in [6, 6.07) is 20.5. The third-order valence-electron chi connectivity index (χ3n) is 4.55. The van der Waals surface area contributed by atoms with E-state index in [0.29, 0.717) is 17.7 Å². The van der Waals surface area contributed by atoms with Crippen molar-refractivity contribution in [1.82, 2.24) is 5.32 Å². The summed E-state index contributed by atoms with van der Waals surface area (Å²) in [6.45, 7) is 0.438. The monoisotopic (exact) mass is 358 g/mol. The molecule has 0 radical (unpaired) electrons. The highest BCUT2D eigenvalue weighted by atomic mass is 16.4. The number of anilines is 1. The number of rotatable bonds is 4. The van der Waals surface area contributed by atoms with Crippen molar-refractivity contribution in [2.75, 3.05) is 12.4 Å². The largest absolute Gasteiger partial charge is 0.423 e. The smallest absolute Gasteiger partial charge is 0.336 e. The molecule has 0 saturated carbocycles. The first-order valence-corrected chi connectivity index (χ1v) is 8.66. The van der Waals surface area contributed by atoms with Gasteiger partial charge in [-0.1, -0.05) is 36.4 Å². The third-order valence-corrected chi connectivity index (χ3v) is 4.55. The van der Waals surface area contributed by atoms with Crippen molar-refractivity contribution >= 4 is 33.3 Å². The third kappa shape index (κ3) is 3.27. The molecule has 1 aromatic heterocycles. The highest BCUT2D eigenvalue weighted by molar-refractivity contribution is 6.07. The van der Waals surface area contributed by atoms with E-state index in [0.717, 1.165) is 27.4 Å². The van der Waals surface area contributed by atoms with Gasteiger partial charge in [0.1, 0.15) is 5.58 Å². The molecular weight excluding hydrogens is 340 g/mol. The number of nitrogens with one attached hydrogen (secondary N) is 2. The lowest BCUT2D eigenvalue weighted by molar-refractivity contribution is 0.0963. The maximum Gasteiger partial charge on any atom is 0.336 e. The van der Waals surface area contributed by atoms with Gasteiger partial charge in [0.25, 0.3) is 5.91 Å². The molecule has 4 rings (SSSR count). The van der Waals surface area contributed by atoms with Crippen LogP contribution in [0.5, 0.6) is 0 Å². The molecule has 0 aliphatic rings. The van der Waals surface area contributed by atoms with Gasteiger partial charge in [-0.25, -0.2) is 4.79 Å². The molecule has 0 saturated heterocycles. The number of fused-ring (bicyclic) bond motifs is 3. The van der Waals surface area contributed by atoms with E-state index in [4.69, 9.17) is 4.42 Å². The number of hydrogen-bond donors (Lipinski definition) is 2. The summed E-state index contributed by atoms with van der Waals surface area (Å²) in [5.74, 6) is -0.143. The van der Waals surface area contributed by atoms with E-state index in [1.165, 1.54) is 6.07 Å². The van der Waals surface area contributed by atoms with Gasteiger partial charge in [-0.05, 0) is 40.6 Å². The fourth-order valence-electron chi connectivity index (χ4n) is 3.27. The second-order valence-corrected chi connectivity index (χ2v) is 6.26. The molecule has 0 unspecified atom stereocenters. The summed E-state index contributed by atoms with van der Waals surface area (Å²) in [7, 11) is 1.60. The summed E-state index contributed by atoms with van der Waals surface area (Å²) < 4.78 is 5.39. The van der Waals surface area contributed by atoms with Gasteiger partial charge in [0, 0.05) is 36.3 Å². The van der Waals surface area contributed by atoms with E-state index in [-0.39, 0.29) is 11.5 Å². The van der Waals surface area contributed by atoms with Gasteiger partial charge < -0.3 is 15.1 Å². The molecule has 3 aromatic carbocycles. The molecule has 27 heavy (non-hydrogen) atoms. The van der Waals surface area contributed by atoms with Crippen LogP contribution in [0.25, 0.3) is 21.7 Å². The van der Waals surface area contributed by atoms with Gasteiger partial charge in [0.05, 0.1) is 0 Å². The van der Waals surface area contributed by atoms with Crippen molar-refractivity contribution in [3.8, 4) is 0 Å². The lowest BCUT2D eigenvalue weighted by Gasteiger charge is -2.11. The first-order chi connectivity index (χ1) is 13.2. The van der Waals surface area contributed by atoms with Crippen molar-refractivity contribution in [3.63, 3.8) is 0 Å². The Morgan fingerprint density at radius 1 is 1.00 bits per heavy atom. The minimum atomic E-state index is -0.381. The molecule has 5 heteroatoms. The second kappa shape index (κ2) is 6.96. The molecule has 0 bridgehead atoms. The van der Waals surface area contributed by atoms with Crippen LogP contribution in [0.2, 0.25) is 0 Å². The molecule has 1 heterocycles. The average molecular weight is 358 g/mol. The van der Waals surface area contributed by atoms with Crippen LogP contribution in [0.3, 0.4) is 0 Å². The van der Waals surface area contributed by atoms with Gasteiger partial charge >= 0.3 is 5.63 Å². The second-order valence-electron chi connectivity index (χ2n) is 6.26. The standard InChI is InChI=1S/C22H18N2O3/c1-23-22(26)15-6-4-7-17(11-15)24-13-16-12-20(25)27-19-10-9-14-5-2-3-8-18(14)21(16)19/h2-12,24H,13H2,1H3,(H,23,26). The zero-order chi connectivity index (χ0) is 18.8. The fourth-order valence-corrected chi connectivity index (χ4v) is 3.27. The van der Waals surface area contributed by atoms with E-state index in [9.17, 15) is 9.59 Å². The van der Waals surface area contributed by atoms with Crippen molar-refractivity contribution in [1.29, 1.82) is 0 Å². The quantitative estimate of drug-likeness (QED) is 0.428. The van der Waals surface area contributed by atoms with E-state index in [2.05, 4.69) is 10.6 Å². The average Bonchev–Trinajstić information content (AvgIpc) is 2.71. The van der Waals surface area contributed by atoms with Crippen LogP contribution < -0.4 is 16.3 Å². The van der Waals surface area contributed by atoms with E-state index < -0.39 is 0 Å². The normalized spacial score (nSPS) is 10.9. The number of amides is 1. The Morgan fingerprint density at radius 2 is 1.85 bits per heavy atom. The number of carbonyl (C=O) groups excluding carboxylic acids is 1. The molecule has 0 spiro atoms. The van der Waals surface area contributed by atoms with Gasteiger partial charge in [0.15, 0.2) is 0 Å². The Bertz CT molecular complexity index is 1210. The topological polar surface area (TPSA) is 71.3 Å². The zero-order valence-electron chi connectivity index (χ0n) is 14.8. The lowest BCUT2D eigenvalue weighted by Crippen LogP contribution is -2.17. The molecule has 0 fully saturated rings. The summed E-state index contributed by atoms with van der Waals surface area (Å²) in [4.78, 5) is 23.8. The maximum atomic E-state index is 12.0. The van der Waals surface area contributed by atoms with Crippen LogP contribution in [-0.2, 0) is 6.54 Å². The highest BCUT2D eigenvalue weighted by Crippen LogP contribution is 2.27. The summed E-state index contributed by atoms with van der Waals surface area (Å²) in [5.41, 5.74) is 2.41. The molecule has 0 aliphatic heterocycles. The van der Waals surface area contributed by atoms with Gasteiger partial charge in [-0.2, -0.15) is 0 Å². The van der Waals surface area contributed by atoms with Crippen LogP contribution in [-0.4, -0.2) is 13.0 Å². The van der Waals surface area contributed by atoms with Crippen molar-refractivity contribution in [2.45, 2.75) is 6.54 Å². The Balaban J connectivity index is 1.75. The summed E-state index contributed by atoms with van der Waals surface area (Å²) in [5, 5.41) is 8.96. The minimum absolute atomic E-state index is 0.143. The molecule has 0 atom stereocenters. The molecule has 5 nitrogen and oxygen atoms in total. The first-order valence-electron chi connectivity index (χ1n) is 8.66. The molecular formula is C22H18N2O3. The van der Waals surface area contributed by atoms with Crippen LogP contribution in [0.4, 0.5) is 5.69 Å². The van der Waals surface area contributed by atoms with Crippen molar-refractivity contribution in [2.24, 2.45) is 0 Å². The first kappa shape index (κ1) is 16.8. The Morgan fingerprint density at radius 3 is 2.70 bits per heavy atom. The van der Waals surface area contributed by atoms with Crippen molar-refractivity contribution in [3.05, 3.63) is 88.3 Å². The molecule has 4 aromatic rings. The van der Waals surface area contributed by atoms with E-state index in [1.807, 2.05) is 48.5 Å². The Labute approximate surface area is 155 Å². The lowest BCUT2D eigenvalue weighted by atomic mass is 10.0. The van der Waals surface area contributed by atoms with Crippen LogP contribution in [0.1, 0.15) is 15.9 Å². The van der Waals surface area contributed by atoms with Crippen LogP contribution >= 0.6 is 0 Å². The maximum absolute atomic E-state index is 12.0. The number of benzene rings is 3. The molecule has 0 aliphatic carbocycles. The molecule has 134 valence electrons. The highest BCUT2D eigenvalue weighted by Gasteiger charge is 2.10. The molecule has 2 N–H and O–H groups in total. The Hall–Kier alpha value is -3.60. The van der Waals surface area contributed by atoms with Gasteiger partial charge in [-0.15, -0.1) is 0 Å². The van der Waals surface area contributed by atoms with Crippen molar-refractivity contribution < 1.29 is 9.21 Å². The predicted molar refractivity (Wildman–Crippen MR) is 107 cm³/mol. The zero-order valence-corrected chi connectivity index (χ0v) is 14.8. The Kier molecular flexibility index (Phi) is 4.34. The van der Waals surface area contributed by atoms with Gasteiger partial charge in [-0.3, -0.25) is 4.79 Å². The number of carbonyl (C=O) groups is 1. The number of hydrogen-bond acceptors (Lipinski definition) is 4. The van der Waals surface area contributed by atoms with E-state index >= 15 is 0 Å². The molecule has 1 amide bonds. The van der Waals surface area contributed by atoms with Crippen LogP contribution in [0.15, 0.2) is 75.9 Å². The van der Waals surface area contributed by atoms with Gasteiger partial charge in [0.2, 0.25) is 0 Å². The van der Waals surface area contributed by atoms with Crippen LogP contribution in [0, 0.1) is 0 Å². The fraction of sp³-hybridized carbons (Fsp3) is 0.0909.